The van der Waals surface area contributed by atoms with Crippen molar-refractivity contribution in [1.82, 2.24) is 0 Å². The van der Waals surface area contributed by atoms with E-state index < -0.39 is 11.7 Å². The molecular weight excluding hydrogens is 359 g/mol. The predicted octanol–water partition coefficient (Wildman–Crippen LogP) is 5.05. The zero-order chi connectivity index (χ0) is 19.4. The molecule has 0 aliphatic carbocycles. The summed E-state index contributed by atoms with van der Waals surface area (Å²) < 4.78 is 42.4. The third-order valence-electron chi connectivity index (χ3n) is 4.34. The van der Waals surface area contributed by atoms with Gasteiger partial charge in [-0.25, -0.2) is 0 Å². The third kappa shape index (κ3) is 4.64. The lowest BCUT2D eigenvalue weighted by Crippen LogP contribution is -2.24. The van der Waals surface area contributed by atoms with Crippen molar-refractivity contribution in [3.8, 4) is 0 Å². The normalized spacial score (nSPS) is 13.9. The Labute approximate surface area is 154 Å². The highest BCUT2D eigenvalue weighted by Gasteiger charge is 2.29. The molecule has 1 aliphatic heterocycles. The number of esters is 1. The van der Waals surface area contributed by atoms with Crippen LogP contribution in [-0.4, -0.2) is 26.2 Å². The predicted molar refractivity (Wildman–Crippen MR) is 94.6 cm³/mol. The van der Waals surface area contributed by atoms with Gasteiger partial charge in [0.05, 0.1) is 30.5 Å². The van der Waals surface area contributed by atoms with Gasteiger partial charge < -0.3 is 9.64 Å². The lowest BCUT2D eigenvalue weighted by atomic mass is 10.1. The molecule has 142 valence electrons. The quantitative estimate of drug-likeness (QED) is 0.541. The number of ether oxygens (including phenoxy) is 1. The molecule has 0 saturated heterocycles. The van der Waals surface area contributed by atoms with E-state index in [1.54, 1.807) is 6.07 Å². The average molecular weight is 377 g/mol. The van der Waals surface area contributed by atoms with E-state index in [4.69, 9.17) is 0 Å². The Morgan fingerprint density at radius 2 is 1.78 bits per heavy atom. The summed E-state index contributed by atoms with van der Waals surface area (Å²) in [7, 11) is 1.37. The first kappa shape index (κ1) is 18.9. The molecule has 0 bridgehead atoms. The fraction of sp³-hybridized carbons (Fsp3) is 0.316. The number of hydrogen-bond acceptors (Lipinski definition) is 5. The number of rotatable bonds is 5. The van der Waals surface area contributed by atoms with Crippen LogP contribution in [0.5, 0.6) is 0 Å². The molecule has 1 aliphatic rings. The lowest BCUT2D eigenvalue weighted by molar-refractivity contribution is -0.140. The maximum absolute atomic E-state index is 12.6. The second-order valence-electron chi connectivity index (χ2n) is 6.12. The smallest absolute Gasteiger partial charge is 0.416 e. The van der Waals surface area contributed by atoms with E-state index in [0.717, 1.165) is 36.3 Å². The Bertz CT molecular complexity index is 848. The molecule has 0 saturated carbocycles. The van der Waals surface area contributed by atoms with Crippen molar-refractivity contribution in [1.29, 1.82) is 0 Å². The molecule has 0 aromatic heterocycles. The number of alkyl halides is 3. The van der Waals surface area contributed by atoms with Gasteiger partial charge in [-0.05, 0) is 54.4 Å². The van der Waals surface area contributed by atoms with E-state index in [9.17, 15) is 18.0 Å². The van der Waals surface area contributed by atoms with Crippen molar-refractivity contribution in [2.45, 2.75) is 19.0 Å². The van der Waals surface area contributed by atoms with Crippen molar-refractivity contribution >= 4 is 23.0 Å². The number of azo groups is 1. The highest BCUT2D eigenvalue weighted by Crippen LogP contribution is 2.33. The third-order valence-corrected chi connectivity index (χ3v) is 4.34. The van der Waals surface area contributed by atoms with Crippen molar-refractivity contribution in [3.05, 3.63) is 53.6 Å². The Balaban J connectivity index is 1.67. The number of anilines is 1. The second kappa shape index (κ2) is 7.77. The van der Waals surface area contributed by atoms with E-state index in [1.807, 2.05) is 12.1 Å². The molecule has 0 atom stereocenters. The molecule has 0 unspecified atom stereocenters. The summed E-state index contributed by atoms with van der Waals surface area (Å²) in [6.07, 6.45) is -3.21. The second-order valence-corrected chi connectivity index (χ2v) is 6.12. The molecule has 0 N–H and O–H groups in total. The number of halogens is 3. The number of benzene rings is 2. The number of nitrogens with zero attached hydrogens (tertiary/aromatic N) is 3. The van der Waals surface area contributed by atoms with Crippen LogP contribution in [0.4, 0.5) is 30.2 Å². The van der Waals surface area contributed by atoms with Gasteiger partial charge >= 0.3 is 12.1 Å². The van der Waals surface area contributed by atoms with Gasteiger partial charge in [0.25, 0.3) is 0 Å². The van der Waals surface area contributed by atoms with Crippen LogP contribution in [0.2, 0.25) is 0 Å². The minimum Gasteiger partial charge on any atom is -0.469 e. The zero-order valence-electron chi connectivity index (χ0n) is 14.7. The molecule has 5 nitrogen and oxygen atoms in total. The van der Waals surface area contributed by atoms with Crippen molar-refractivity contribution in [2.75, 3.05) is 25.1 Å². The van der Waals surface area contributed by atoms with E-state index in [2.05, 4.69) is 19.9 Å². The van der Waals surface area contributed by atoms with E-state index in [1.165, 1.54) is 19.2 Å². The number of carbonyl (C=O) groups excluding carboxylic acids is 1. The minimum absolute atomic E-state index is 0.245. The van der Waals surface area contributed by atoms with Gasteiger partial charge in [-0.15, -0.1) is 0 Å². The number of carbonyl (C=O) groups is 1. The highest BCUT2D eigenvalue weighted by atomic mass is 19.4. The highest BCUT2D eigenvalue weighted by molar-refractivity contribution is 5.71. The Hall–Kier alpha value is -2.90. The standard InChI is InChI=1S/C19H18F3N3O2/c1-27-18(26)9-11-25-10-8-13-12-16(6-7-17(13)25)24-23-15-4-2-14(3-5-15)19(20,21)22/h2-7,12H,8-11H2,1H3. The first-order valence-electron chi connectivity index (χ1n) is 8.40. The summed E-state index contributed by atoms with van der Waals surface area (Å²) in [5, 5.41) is 8.11. The molecule has 2 aromatic rings. The molecule has 0 amide bonds. The van der Waals surface area contributed by atoms with Gasteiger partial charge in [0.1, 0.15) is 0 Å². The van der Waals surface area contributed by atoms with Crippen LogP contribution in [-0.2, 0) is 22.1 Å². The summed E-state index contributed by atoms with van der Waals surface area (Å²) in [5.74, 6) is -0.245. The van der Waals surface area contributed by atoms with Crippen molar-refractivity contribution in [3.63, 3.8) is 0 Å². The van der Waals surface area contributed by atoms with Crippen LogP contribution in [0.25, 0.3) is 0 Å². The molecule has 2 aromatic carbocycles. The van der Waals surface area contributed by atoms with Crippen LogP contribution in [0.3, 0.4) is 0 Å². The Morgan fingerprint density at radius 1 is 1.11 bits per heavy atom. The van der Waals surface area contributed by atoms with Crippen molar-refractivity contribution < 1.29 is 22.7 Å². The Morgan fingerprint density at radius 3 is 2.44 bits per heavy atom. The van der Waals surface area contributed by atoms with Gasteiger partial charge in [-0.2, -0.15) is 23.4 Å². The molecule has 8 heteroatoms. The molecule has 0 spiro atoms. The van der Waals surface area contributed by atoms with Crippen LogP contribution < -0.4 is 4.90 Å². The number of methoxy groups -OCH3 is 1. The molecular formula is C19H18F3N3O2. The van der Waals surface area contributed by atoms with Crippen LogP contribution in [0.15, 0.2) is 52.7 Å². The van der Waals surface area contributed by atoms with Gasteiger partial charge in [-0.1, -0.05) is 0 Å². The van der Waals surface area contributed by atoms with Gasteiger partial charge in [0.15, 0.2) is 0 Å². The maximum atomic E-state index is 12.6. The van der Waals surface area contributed by atoms with Gasteiger partial charge in [-0.3, -0.25) is 4.79 Å². The van der Waals surface area contributed by atoms with E-state index in [-0.39, 0.29) is 5.97 Å². The SMILES string of the molecule is COC(=O)CCN1CCc2cc(N=Nc3ccc(C(F)(F)F)cc3)ccc21. The monoisotopic (exact) mass is 377 g/mol. The van der Waals surface area contributed by atoms with E-state index >= 15 is 0 Å². The summed E-state index contributed by atoms with van der Waals surface area (Å²) in [5.41, 5.74) is 2.41. The van der Waals surface area contributed by atoms with Gasteiger partial charge in [0, 0.05) is 18.8 Å². The summed E-state index contributed by atoms with van der Waals surface area (Å²) in [4.78, 5) is 13.4. The lowest BCUT2D eigenvalue weighted by Gasteiger charge is -2.18. The summed E-state index contributed by atoms with van der Waals surface area (Å²) in [6, 6.07) is 10.2. The molecule has 0 fully saturated rings. The maximum Gasteiger partial charge on any atom is 0.416 e. The van der Waals surface area contributed by atoms with Gasteiger partial charge in [0.2, 0.25) is 0 Å². The first-order valence-corrected chi connectivity index (χ1v) is 8.40. The van der Waals surface area contributed by atoms with Crippen LogP contribution in [0, 0.1) is 0 Å². The average Bonchev–Trinajstić information content (AvgIpc) is 3.06. The van der Waals surface area contributed by atoms with Crippen LogP contribution in [0.1, 0.15) is 17.5 Å². The number of fused-ring (bicyclic) bond motifs is 1. The summed E-state index contributed by atoms with van der Waals surface area (Å²) in [6.45, 7) is 1.40. The first-order chi connectivity index (χ1) is 12.9. The molecule has 0 radical (unpaired) electrons. The largest absolute Gasteiger partial charge is 0.469 e. The zero-order valence-corrected chi connectivity index (χ0v) is 14.7. The number of hydrogen-bond donors (Lipinski definition) is 0. The molecule has 1 heterocycles. The molecule has 3 rings (SSSR count). The fourth-order valence-corrected chi connectivity index (χ4v) is 2.91. The van der Waals surface area contributed by atoms with Crippen molar-refractivity contribution in [2.24, 2.45) is 10.2 Å². The summed E-state index contributed by atoms with van der Waals surface area (Å²) >= 11 is 0. The van der Waals surface area contributed by atoms with E-state index in [0.29, 0.717) is 24.3 Å². The Kier molecular flexibility index (Phi) is 5.43. The minimum atomic E-state index is -4.37. The van der Waals surface area contributed by atoms with Crippen LogP contribution >= 0.6 is 0 Å². The topological polar surface area (TPSA) is 54.3 Å². The molecule has 27 heavy (non-hydrogen) atoms. The fourth-order valence-electron chi connectivity index (χ4n) is 2.91.